The smallest absolute Gasteiger partial charge is 0.305 e. The van der Waals surface area contributed by atoms with Crippen molar-refractivity contribution in [3.05, 3.63) is 119 Å². The zero-order valence-corrected chi connectivity index (χ0v) is 33.2. The van der Waals surface area contributed by atoms with E-state index in [0.717, 1.165) is 61.2 Å². The molecule has 1 aliphatic carbocycles. The normalized spacial score (nSPS) is 11.9. The fourth-order valence-corrected chi connectivity index (χ4v) is 6.84. The highest BCUT2D eigenvalue weighted by Crippen LogP contribution is 2.44. The van der Waals surface area contributed by atoms with Crippen LogP contribution in [0.25, 0.3) is 11.1 Å². The fourth-order valence-electron chi connectivity index (χ4n) is 6.84. The molecule has 0 unspecified atom stereocenters. The number of carbonyl (C=O) groups is 2. The van der Waals surface area contributed by atoms with Crippen molar-refractivity contribution in [2.45, 2.75) is 77.2 Å². The lowest BCUT2D eigenvalue weighted by atomic mass is 9.98. The van der Waals surface area contributed by atoms with Crippen LogP contribution in [0.5, 0.6) is 11.5 Å². The van der Waals surface area contributed by atoms with Crippen molar-refractivity contribution >= 4 is 11.9 Å². The number of hydrogen-bond donors (Lipinski definition) is 1. The van der Waals surface area contributed by atoms with Gasteiger partial charge in [-0.2, -0.15) is 0 Å². The van der Waals surface area contributed by atoms with Crippen molar-refractivity contribution in [1.29, 1.82) is 0 Å². The average molecular weight is 766 g/mol. The molecule has 0 bridgehead atoms. The zero-order chi connectivity index (χ0) is 39.2. The lowest BCUT2D eigenvalue weighted by Crippen LogP contribution is -2.22. The molecule has 300 valence electrons. The number of nitrogens with one attached hydrogen (secondary N) is 1. The molecule has 1 aliphatic rings. The third kappa shape index (κ3) is 14.1. The van der Waals surface area contributed by atoms with E-state index in [1.54, 1.807) is 7.11 Å². The van der Waals surface area contributed by atoms with Gasteiger partial charge in [-0.05, 0) is 84.9 Å². The first-order valence-electron chi connectivity index (χ1n) is 20.2. The van der Waals surface area contributed by atoms with Crippen molar-refractivity contribution in [1.82, 2.24) is 5.32 Å². The Hall–Kier alpha value is -4.70. The molecule has 1 amide bonds. The van der Waals surface area contributed by atoms with Crippen LogP contribution in [0.15, 0.2) is 91.0 Å². The summed E-state index contributed by atoms with van der Waals surface area (Å²) in [5, 5.41) is 2.97. The number of fused-ring (bicyclic) bond motifs is 3. The van der Waals surface area contributed by atoms with Crippen LogP contribution in [-0.2, 0) is 41.5 Å². The molecular formula is C47H59NO8. The minimum atomic E-state index is -0.159. The average Bonchev–Trinajstić information content (AvgIpc) is 3.54. The number of benzene rings is 4. The van der Waals surface area contributed by atoms with Gasteiger partial charge < -0.3 is 33.7 Å². The Morgan fingerprint density at radius 1 is 0.643 bits per heavy atom. The van der Waals surface area contributed by atoms with E-state index in [0.29, 0.717) is 78.7 Å². The van der Waals surface area contributed by atoms with E-state index in [2.05, 4.69) is 47.8 Å². The summed E-state index contributed by atoms with van der Waals surface area (Å²) in [5.74, 6) is 1.53. The largest absolute Gasteiger partial charge is 0.496 e. The van der Waals surface area contributed by atoms with Crippen molar-refractivity contribution in [3.63, 3.8) is 0 Å². The molecule has 4 aromatic rings. The highest BCUT2D eigenvalue weighted by Gasteiger charge is 2.28. The predicted octanol–water partition coefficient (Wildman–Crippen LogP) is 8.77. The second kappa shape index (κ2) is 24.0. The van der Waals surface area contributed by atoms with Crippen molar-refractivity contribution in [3.8, 4) is 22.6 Å². The fraction of sp³-hybridized carbons (Fsp3) is 0.447. The van der Waals surface area contributed by atoms with Crippen LogP contribution < -0.4 is 14.8 Å². The lowest BCUT2D eigenvalue weighted by molar-refractivity contribution is -0.144. The highest BCUT2D eigenvalue weighted by molar-refractivity contribution is 5.79. The standard InChI is InChI=1S/C47H59NO8/c1-36-20-22-37(23-21-36)34-48-46(49)18-12-28-55-39-25-24-38(45(33-39)51-2)13-4-3-10-26-52-29-31-54-32-30-53-27-11-9-19-47(50)56-35-44-42-16-7-5-14-40(42)41-15-6-8-17-43(41)44/h5-8,14-17,20-25,33,44H,3-4,9-13,18-19,26-32,34-35H2,1-2H3,(H,48,49). The van der Waals surface area contributed by atoms with Gasteiger partial charge in [-0.15, -0.1) is 0 Å². The minimum Gasteiger partial charge on any atom is -0.496 e. The van der Waals surface area contributed by atoms with Crippen LogP contribution >= 0.6 is 0 Å². The van der Waals surface area contributed by atoms with E-state index >= 15 is 0 Å². The Morgan fingerprint density at radius 2 is 1.29 bits per heavy atom. The molecule has 0 fully saturated rings. The summed E-state index contributed by atoms with van der Waals surface area (Å²) in [4.78, 5) is 24.6. The first-order valence-corrected chi connectivity index (χ1v) is 20.2. The SMILES string of the molecule is COc1cc(OCCCC(=O)NCc2ccc(C)cc2)ccc1CCCCCOCCOCCOCCCCC(=O)OCC1c2ccccc2-c2ccccc21. The number of rotatable bonds is 27. The maximum atomic E-state index is 12.4. The summed E-state index contributed by atoms with van der Waals surface area (Å²) in [6.45, 7) is 6.87. The maximum Gasteiger partial charge on any atom is 0.305 e. The van der Waals surface area contributed by atoms with Crippen molar-refractivity contribution in [2.24, 2.45) is 0 Å². The Labute approximate surface area is 333 Å². The molecular weight excluding hydrogens is 707 g/mol. The van der Waals surface area contributed by atoms with Gasteiger partial charge in [0, 0.05) is 44.6 Å². The number of hydrogen-bond acceptors (Lipinski definition) is 8. The number of methoxy groups -OCH3 is 1. The third-order valence-corrected chi connectivity index (χ3v) is 9.96. The van der Waals surface area contributed by atoms with Gasteiger partial charge in [0.05, 0.1) is 40.1 Å². The molecule has 9 nitrogen and oxygen atoms in total. The molecule has 0 aliphatic heterocycles. The Kier molecular flexibility index (Phi) is 18.2. The van der Waals surface area contributed by atoms with Gasteiger partial charge in [-0.3, -0.25) is 9.59 Å². The second-order valence-electron chi connectivity index (χ2n) is 14.2. The number of ether oxygens (including phenoxy) is 6. The first kappa shape index (κ1) is 42.4. The Bertz CT molecular complexity index is 1730. The molecule has 4 aromatic carbocycles. The first-order chi connectivity index (χ1) is 27.5. The Balaban J connectivity index is 0.796. The number of unbranched alkanes of at least 4 members (excludes halogenated alkanes) is 3. The lowest BCUT2D eigenvalue weighted by Gasteiger charge is -2.14. The molecule has 56 heavy (non-hydrogen) atoms. The predicted molar refractivity (Wildman–Crippen MR) is 219 cm³/mol. The molecule has 0 saturated heterocycles. The summed E-state index contributed by atoms with van der Waals surface area (Å²) in [6.07, 6.45) is 7.00. The molecule has 9 heteroatoms. The zero-order valence-electron chi connectivity index (χ0n) is 33.2. The van der Waals surface area contributed by atoms with Crippen LogP contribution in [0.2, 0.25) is 0 Å². The van der Waals surface area contributed by atoms with Gasteiger partial charge in [0.1, 0.15) is 18.1 Å². The van der Waals surface area contributed by atoms with Gasteiger partial charge in [0.15, 0.2) is 0 Å². The van der Waals surface area contributed by atoms with Crippen molar-refractivity contribution in [2.75, 3.05) is 60.0 Å². The number of carbonyl (C=O) groups excluding carboxylic acids is 2. The van der Waals surface area contributed by atoms with Crippen LogP contribution in [0, 0.1) is 6.92 Å². The molecule has 0 saturated carbocycles. The Morgan fingerprint density at radius 3 is 1.96 bits per heavy atom. The number of amides is 1. The van der Waals surface area contributed by atoms with Crippen molar-refractivity contribution < 1.29 is 38.0 Å². The molecule has 0 atom stereocenters. The number of aryl methyl sites for hydroxylation is 2. The van der Waals surface area contributed by atoms with Gasteiger partial charge in [0.2, 0.25) is 5.91 Å². The van der Waals surface area contributed by atoms with Crippen LogP contribution in [-0.4, -0.2) is 71.8 Å². The molecule has 0 radical (unpaired) electrons. The quantitative estimate of drug-likeness (QED) is 0.0475. The van der Waals surface area contributed by atoms with E-state index < -0.39 is 0 Å². The van der Waals surface area contributed by atoms with E-state index in [4.69, 9.17) is 28.4 Å². The van der Waals surface area contributed by atoms with Crippen LogP contribution in [0.4, 0.5) is 0 Å². The second-order valence-corrected chi connectivity index (χ2v) is 14.2. The molecule has 5 rings (SSSR count). The highest BCUT2D eigenvalue weighted by atomic mass is 16.5. The summed E-state index contributed by atoms with van der Waals surface area (Å²) < 4.78 is 34.3. The van der Waals surface area contributed by atoms with Gasteiger partial charge in [0.25, 0.3) is 0 Å². The van der Waals surface area contributed by atoms with Gasteiger partial charge >= 0.3 is 5.97 Å². The van der Waals surface area contributed by atoms with E-state index in [1.165, 1.54) is 27.8 Å². The van der Waals surface area contributed by atoms with Crippen LogP contribution in [0.3, 0.4) is 0 Å². The third-order valence-electron chi connectivity index (χ3n) is 9.96. The topological polar surface area (TPSA) is 102 Å². The van der Waals surface area contributed by atoms with E-state index in [-0.39, 0.29) is 17.8 Å². The van der Waals surface area contributed by atoms with Gasteiger partial charge in [-0.25, -0.2) is 0 Å². The summed E-state index contributed by atoms with van der Waals surface area (Å²) in [5.41, 5.74) is 8.37. The monoisotopic (exact) mass is 765 g/mol. The molecule has 0 aromatic heterocycles. The molecule has 1 N–H and O–H groups in total. The summed E-state index contributed by atoms with van der Waals surface area (Å²) in [7, 11) is 1.68. The summed E-state index contributed by atoms with van der Waals surface area (Å²) in [6, 6.07) is 30.9. The number of esters is 1. The minimum absolute atomic E-state index is 0.0252. The van der Waals surface area contributed by atoms with E-state index in [1.807, 2.05) is 55.5 Å². The maximum absolute atomic E-state index is 12.4. The van der Waals surface area contributed by atoms with Crippen LogP contribution in [0.1, 0.15) is 85.1 Å². The van der Waals surface area contributed by atoms with E-state index in [9.17, 15) is 9.59 Å². The molecule has 0 heterocycles. The molecule has 0 spiro atoms. The van der Waals surface area contributed by atoms with Gasteiger partial charge in [-0.1, -0.05) is 90.8 Å². The summed E-state index contributed by atoms with van der Waals surface area (Å²) >= 11 is 0.